The Morgan fingerprint density at radius 3 is 2.58 bits per heavy atom. The Morgan fingerprint density at radius 1 is 1.32 bits per heavy atom. The lowest BCUT2D eigenvalue weighted by molar-refractivity contribution is 0.0647. The largest absolute Gasteiger partial charge is 0.399 e. The van der Waals surface area contributed by atoms with Crippen LogP contribution in [0.3, 0.4) is 0 Å². The molecule has 0 saturated heterocycles. The van der Waals surface area contributed by atoms with Gasteiger partial charge in [-0.25, -0.2) is 0 Å². The van der Waals surface area contributed by atoms with Crippen LogP contribution in [-0.4, -0.2) is 23.4 Å². The molecule has 0 aromatic heterocycles. The molecule has 1 amide bonds. The Morgan fingerprint density at radius 2 is 2.00 bits per heavy atom. The van der Waals surface area contributed by atoms with Gasteiger partial charge in [0.15, 0.2) is 0 Å². The molecule has 0 unspecified atom stereocenters. The Bertz CT molecular complexity index is 450. The predicted molar refractivity (Wildman–Crippen MR) is 79.2 cm³/mol. The number of amides is 1. The highest BCUT2D eigenvalue weighted by atomic mass is 16.2. The summed E-state index contributed by atoms with van der Waals surface area (Å²) in [5.41, 5.74) is 8.24. The molecule has 0 radical (unpaired) electrons. The van der Waals surface area contributed by atoms with Gasteiger partial charge >= 0.3 is 0 Å². The van der Waals surface area contributed by atoms with Crippen LogP contribution in [-0.2, 0) is 0 Å². The summed E-state index contributed by atoms with van der Waals surface area (Å²) in [6.45, 7) is 4.81. The zero-order valence-electron chi connectivity index (χ0n) is 12.0. The Kier molecular flexibility index (Phi) is 4.46. The number of nitrogens with two attached hydrogens (primary N) is 1. The Balaban J connectivity index is 2.19. The monoisotopic (exact) mass is 260 g/mol. The van der Waals surface area contributed by atoms with Crippen molar-refractivity contribution in [2.24, 2.45) is 0 Å². The summed E-state index contributed by atoms with van der Waals surface area (Å²) in [4.78, 5) is 14.7. The molecule has 2 rings (SSSR count). The first-order chi connectivity index (χ1) is 9.13. The van der Waals surface area contributed by atoms with E-state index in [0.717, 1.165) is 36.2 Å². The molecule has 0 heterocycles. The van der Waals surface area contributed by atoms with Crippen molar-refractivity contribution in [2.75, 3.05) is 12.3 Å². The van der Waals surface area contributed by atoms with Crippen molar-refractivity contribution in [1.82, 2.24) is 4.90 Å². The molecule has 0 atom stereocenters. The Labute approximate surface area is 115 Å². The zero-order chi connectivity index (χ0) is 13.8. The van der Waals surface area contributed by atoms with Gasteiger partial charge in [0.1, 0.15) is 0 Å². The van der Waals surface area contributed by atoms with E-state index >= 15 is 0 Å². The SMILES string of the molecule is CCN(C(=O)c1ccc(N)cc1C)C1CCCCC1. The summed E-state index contributed by atoms with van der Waals surface area (Å²) < 4.78 is 0. The minimum absolute atomic E-state index is 0.159. The topological polar surface area (TPSA) is 46.3 Å². The summed E-state index contributed by atoms with van der Waals surface area (Å²) in [6.07, 6.45) is 6.09. The fourth-order valence-electron chi connectivity index (χ4n) is 3.04. The Hall–Kier alpha value is -1.51. The van der Waals surface area contributed by atoms with E-state index < -0.39 is 0 Å². The first-order valence-electron chi connectivity index (χ1n) is 7.30. The second-order valence-corrected chi connectivity index (χ2v) is 5.46. The molecule has 104 valence electrons. The molecule has 0 bridgehead atoms. The maximum atomic E-state index is 12.7. The van der Waals surface area contributed by atoms with Crippen LogP contribution in [0.15, 0.2) is 18.2 Å². The highest BCUT2D eigenvalue weighted by molar-refractivity contribution is 5.96. The van der Waals surface area contributed by atoms with E-state index in [1.165, 1.54) is 19.3 Å². The molecule has 2 N–H and O–H groups in total. The first-order valence-corrected chi connectivity index (χ1v) is 7.30. The van der Waals surface area contributed by atoms with Gasteiger partial charge in [-0.3, -0.25) is 4.79 Å². The van der Waals surface area contributed by atoms with Crippen molar-refractivity contribution < 1.29 is 4.79 Å². The van der Waals surface area contributed by atoms with E-state index in [4.69, 9.17) is 5.73 Å². The highest BCUT2D eigenvalue weighted by Gasteiger charge is 2.25. The second-order valence-electron chi connectivity index (χ2n) is 5.46. The third-order valence-electron chi connectivity index (χ3n) is 4.10. The number of nitrogen functional groups attached to an aromatic ring is 1. The zero-order valence-corrected chi connectivity index (χ0v) is 12.0. The average molecular weight is 260 g/mol. The van der Waals surface area contributed by atoms with Gasteiger partial charge in [-0.1, -0.05) is 19.3 Å². The minimum Gasteiger partial charge on any atom is -0.399 e. The molecular formula is C16H24N2O. The van der Waals surface area contributed by atoms with Gasteiger partial charge in [0, 0.05) is 23.8 Å². The molecule has 1 fully saturated rings. The van der Waals surface area contributed by atoms with E-state index in [-0.39, 0.29) is 5.91 Å². The second kappa shape index (κ2) is 6.09. The van der Waals surface area contributed by atoms with Crippen LogP contribution in [0.25, 0.3) is 0 Å². The van der Waals surface area contributed by atoms with E-state index in [1.807, 2.05) is 30.0 Å². The van der Waals surface area contributed by atoms with Crippen molar-refractivity contribution in [3.05, 3.63) is 29.3 Å². The third kappa shape index (κ3) is 3.09. The number of hydrogen-bond acceptors (Lipinski definition) is 2. The van der Waals surface area contributed by atoms with Crippen molar-refractivity contribution >= 4 is 11.6 Å². The maximum absolute atomic E-state index is 12.7. The number of rotatable bonds is 3. The summed E-state index contributed by atoms with van der Waals surface area (Å²) in [5, 5.41) is 0. The van der Waals surface area contributed by atoms with Crippen LogP contribution in [0.5, 0.6) is 0 Å². The average Bonchev–Trinajstić information content (AvgIpc) is 2.40. The number of carbonyl (C=O) groups is 1. The number of hydrogen-bond donors (Lipinski definition) is 1. The fraction of sp³-hybridized carbons (Fsp3) is 0.562. The molecule has 1 saturated carbocycles. The first kappa shape index (κ1) is 13.9. The third-order valence-corrected chi connectivity index (χ3v) is 4.10. The summed E-state index contributed by atoms with van der Waals surface area (Å²) in [5.74, 6) is 0.159. The van der Waals surface area contributed by atoms with E-state index in [0.29, 0.717) is 6.04 Å². The number of anilines is 1. The van der Waals surface area contributed by atoms with Gasteiger partial charge in [0.05, 0.1) is 0 Å². The van der Waals surface area contributed by atoms with Crippen LogP contribution in [0.1, 0.15) is 54.9 Å². The summed E-state index contributed by atoms with van der Waals surface area (Å²) >= 11 is 0. The van der Waals surface area contributed by atoms with Crippen LogP contribution >= 0.6 is 0 Å². The number of carbonyl (C=O) groups excluding carboxylic acids is 1. The molecule has 0 spiro atoms. The van der Waals surface area contributed by atoms with Crippen molar-refractivity contribution in [3.63, 3.8) is 0 Å². The summed E-state index contributed by atoms with van der Waals surface area (Å²) in [7, 11) is 0. The lowest BCUT2D eigenvalue weighted by Crippen LogP contribution is -2.41. The molecule has 3 nitrogen and oxygen atoms in total. The predicted octanol–water partition coefficient (Wildman–Crippen LogP) is 3.37. The molecule has 1 aromatic carbocycles. The lowest BCUT2D eigenvalue weighted by Gasteiger charge is -2.34. The maximum Gasteiger partial charge on any atom is 0.254 e. The normalized spacial score (nSPS) is 16.3. The quantitative estimate of drug-likeness (QED) is 0.847. The molecular weight excluding hydrogens is 236 g/mol. The van der Waals surface area contributed by atoms with Crippen molar-refractivity contribution in [3.8, 4) is 0 Å². The molecule has 1 aromatic rings. The van der Waals surface area contributed by atoms with Gasteiger partial charge in [-0.05, 0) is 50.5 Å². The van der Waals surface area contributed by atoms with Gasteiger partial charge in [0.2, 0.25) is 0 Å². The molecule has 19 heavy (non-hydrogen) atoms. The molecule has 3 heteroatoms. The van der Waals surface area contributed by atoms with E-state index in [1.54, 1.807) is 0 Å². The van der Waals surface area contributed by atoms with E-state index in [2.05, 4.69) is 6.92 Å². The lowest BCUT2D eigenvalue weighted by atomic mass is 9.93. The standard InChI is InChI=1S/C16H24N2O/c1-3-18(14-7-5-4-6-8-14)16(19)15-10-9-13(17)11-12(15)2/h9-11,14H,3-8,17H2,1-2H3. The number of aryl methyl sites for hydroxylation is 1. The van der Waals surface area contributed by atoms with Crippen LogP contribution in [0, 0.1) is 6.92 Å². The van der Waals surface area contributed by atoms with E-state index in [9.17, 15) is 4.79 Å². The molecule has 1 aliphatic carbocycles. The molecule has 0 aliphatic heterocycles. The summed E-state index contributed by atoms with van der Waals surface area (Å²) in [6, 6.07) is 5.97. The van der Waals surface area contributed by atoms with Crippen LogP contribution in [0.4, 0.5) is 5.69 Å². The fourth-order valence-corrected chi connectivity index (χ4v) is 3.04. The van der Waals surface area contributed by atoms with Crippen LogP contribution < -0.4 is 5.73 Å². The minimum atomic E-state index is 0.159. The smallest absolute Gasteiger partial charge is 0.254 e. The van der Waals surface area contributed by atoms with Gasteiger partial charge in [0.25, 0.3) is 5.91 Å². The number of benzene rings is 1. The van der Waals surface area contributed by atoms with Gasteiger partial charge in [-0.15, -0.1) is 0 Å². The van der Waals surface area contributed by atoms with Crippen molar-refractivity contribution in [2.45, 2.75) is 52.0 Å². The number of nitrogens with zero attached hydrogens (tertiary/aromatic N) is 1. The van der Waals surface area contributed by atoms with Crippen molar-refractivity contribution in [1.29, 1.82) is 0 Å². The van der Waals surface area contributed by atoms with Gasteiger partial charge in [-0.2, -0.15) is 0 Å². The van der Waals surface area contributed by atoms with Crippen LogP contribution in [0.2, 0.25) is 0 Å². The molecule has 1 aliphatic rings. The highest BCUT2D eigenvalue weighted by Crippen LogP contribution is 2.25. The van der Waals surface area contributed by atoms with Gasteiger partial charge < -0.3 is 10.6 Å².